The Labute approximate surface area is 174 Å². The normalized spacial score (nSPS) is 11.7. The van der Waals surface area contributed by atoms with Gasteiger partial charge in [0.2, 0.25) is 0 Å². The molecule has 0 saturated heterocycles. The van der Waals surface area contributed by atoms with Crippen LogP contribution in [0.25, 0.3) is 39.6 Å². The highest BCUT2D eigenvalue weighted by Gasteiger charge is 2.12. The third-order valence-electron chi connectivity index (χ3n) is 5.44. The van der Waals surface area contributed by atoms with Gasteiger partial charge in [-0.1, -0.05) is 48.0 Å². The van der Waals surface area contributed by atoms with Gasteiger partial charge in [0, 0.05) is 22.2 Å². The maximum Gasteiger partial charge on any atom is 0.266 e. The first-order valence-electron chi connectivity index (χ1n) is 9.96. The molecule has 0 aliphatic rings. The second-order valence-electron chi connectivity index (χ2n) is 7.51. The summed E-state index contributed by atoms with van der Waals surface area (Å²) >= 11 is 0. The summed E-state index contributed by atoms with van der Waals surface area (Å²) in [7, 11) is 0. The van der Waals surface area contributed by atoms with Gasteiger partial charge in [0.25, 0.3) is 5.56 Å². The highest BCUT2D eigenvalue weighted by Crippen LogP contribution is 2.24. The maximum atomic E-state index is 13.4. The van der Waals surface area contributed by atoms with Crippen LogP contribution in [0.4, 0.5) is 0 Å². The van der Waals surface area contributed by atoms with E-state index >= 15 is 0 Å². The Morgan fingerprint density at radius 2 is 1.53 bits per heavy atom. The molecule has 0 saturated carbocycles. The van der Waals surface area contributed by atoms with Crippen molar-refractivity contribution in [3.8, 4) is 5.69 Å². The predicted octanol–water partition coefficient (Wildman–Crippen LogP) is 5.65. The summed E-state index contributed by atoms with van der Waals surface area (Å²) in [6.07, 6.45) is 3.96. The number of hydrogen-bond donors (Lipinski definition) is 1. The Morgan fingerprint density at radius 3 is 2.33 bits per heavy atom. The highest BCUT2D eigenvalue weighted by molar-refractivity contribution is 5.93. The molecule has 0 atom stereocenters. The third-order valence-corrected chi connectivity index (χ3v) is 5.44. The van der Waals surface area contributed by atoms with Crippen LogP contribution in [-0.4, -0.2) is 14.5 Å². The molecule has 0 bridgehead atoms. The van der Waals surface area contributed by atoms with Gasteiger partial charge in [0.1, 0.15) is 5.82 Å². The van der Waals surface area contributed by atoms with Gasteiger partial charge in [-0.2, -0.15) is 0 Å². The molecule has 0 amide bonds. The van der Waals surface area contributed by atoms with E-state index < -0.39 is 0 Å². The molecule has 0 unspecified atom stereocenters. The van der Waals surface area contributed by atoms with Crippen molar-refractivity contribution in [2.75, 3.05) is 0 Å². The lowest BCUT2D eigenvalue weighted by Crippen LogP contribution is -2.22. The zero-order valence-corrected chi connectivity index (χ0v) is 16.9. The van der Waals surface area contributed by atoms with E-state index in [1.54, 1.807) is 4.57 Å². The van der Waals surface area contributed by atoms with Crippen LogP contribution in [0, 0.1) is 13.8 Å². The van der Waals surface area contributed by atoms with Crippen molar-refractivity contribution in [3.63, 3.8) is 0 Å². The molecule has 0 fully saturated rings. The fourth-order valence-corrected chi connectivity index (χ4v) is 3.88. The van der Waals surface area contributed by atoms with Crippen LogP contribution >= 0.6 is 0 Å². The molecule has 0 spiro atoms. The number of nitrogens with zero attached hydrogens (tertiary/aromatic N) is 2. The molecule has 0 aliphatic carbocycles. The monoisotopic (exact) mass is 391 g/mol. The van der Waals surface area contributed by atoms with Crippen LogP contribution < -0.4 is 5.56 Å². The molecule has 2 aromatic heterocycles. The van der Waals surface area contributed by atoms with E-state index in [0.29, 0.717) is 16.7 Å². The van der Waals surface area contributed by atoms with Crippen molar-refractivity contribution in [1.82, 2.24) is 14.5 Å². The van der Waals surface area contributed by atoms with E-state index in [2.05, 4.69) is 24.0 Å². The predicted molar refractivity (Wildman–Crippen MR) is 124 cm³/mol. The first-order valence-corrected chi connectivity index (χ1v) is 9.96. The minimum absolute atomic E-state index is 0.0697. The molecule has 30 heavy (non-hydrogen) atoms. The zero-order valence-electron chi connectivity index (χ0n) is 16.9. The number of H-pyrrole nitrogens is 1. The smallest absolute Gasteiger partial charge is 0.266 e. The van der Waals surface area contributed by atoms with E-state index in [1.807, 2.05) is 79.7 Å². The summed E-state index contributed by atoms with van der Waals surface area (Å²) in [5.41, 5.74) is 5.85. The quantitative estimate of drug-likeness (QED) is 0.432. The second kappa shape index (κ2) is 7.16. The van der Waals surface area contributed by atoms with Crippen LogP contribution in [0.5, 0.6) is 0 Å². The van der Waals surface area contributed by atoms with Crippen LogP contribution in [0.1, 0.15) is 22.6 Å². The number of aromatic nitrogens is 3. The first-order chi connectivity index (χ1) is 14.6. The van der Waals surface area contributed by atoms with Gasteiger partial charge in [0.15, 0.2) is 0 Å². The lowest BCUT2D eigenvalue weighted by Gasteiger charge is -2.11. The molecule has 146 valence electrons. The number of fused-ring (bicyclic) bond motifs is 2. The summed E-state index contributed by atoms with van der Waals surface area (Å²) < 4.78 is 1.68. The summed E-state index contributed by atoms with van der Waals surface area (Å²) in [5.74, 6) is 0.604. The number of nitrogens with one attached hydrogen (secondary N) is 1. The van der Waals surface area contributed by atoms with E-state index in [4.69, 9.17) is 4.98 Å². The third kappa shape index (κ3) is 3.03. The number of hydrogen-bond acceptors (Lipinski definition) is 2. The molecular formula is C26H21N3O. The lowest BCUT2D eigenvalue weighted by atomic mass is 10.1. The standard InChI is InChI=1S/C26H21N3O/c1-17-11-13-19(14-12-17)29-25(28-24-10-6-4-8-22(24)26(29)30)16-15-20-18(2)27-23-9-5-3-7-21(20)23/h3-16,27H,1-2H3/b16-15+. The molecular weight excluding hydrogens is 370 g/mol. The highest BCUT2D eigenvalue weighted by atomic mass is 16.1. The number of aromatic amines is 1. The summed E-state index contributed by atoms with van der Waals surface area (Å²) in [4.78, 5) is 21.6. The van der Waals surface area contributed by atoms with Crippen molar-refractivity contribution in [1.29, 1.82) is 0 Å². The van der Waals surface area contributed by atoms with Crippen LogP contribution in [0.3, 0.4) is 0 Å². The molecule has 0 aliphatic heterocycles. The van der Waals surface area contributed by atoms with Gasteiger partial charge >= 0.3 is 0 Å². The van der Waals surface area contributed by atoms with Crippen LogP contribution in [0.2, 0.25) is 0 Å². The molecule has 3 aromatic carbocycles. The minimum Gasteiger partial charge on any atom is -0.358 e. The van der Waals surface area contributed by atoms with Gasteiger partial charge in [-0.15, -0.1) is 0 Å². The van der Waals surface area contributed by atoms with Gasteiger partial charge in [-0.05, 0) is 56.3 Å². The minimum atomic E-state index is -0.0697. The topological polar surface area (TPSA) is 50.7 Å². The Kier molecular flexibility index (Phi) is 4.32. The molecule has 1 N–H and O–H groups in total. The van der Waals surface area contributed by atoms with Crippen molar-refractivity contribution in [2.45, 2.75) is 13.8 Å². The Hall–Kier alpha value is -3.92. The van der Waals surface area contributed by atoms with Gasteiger partial charge in [-0.3, -0.25) is 9.36 Å². The largest absolute Gasteiger partial charge is 0.358 e. The summed E-state index contributed by atoms with van der Waals surface area (Å²) in [6.45, 7) is 4.09. The first kappa shape index (κ1) is 18.1. The van der Waals surface area contributed by atoms with Crippen molar-refractivity contribution >= 4 is 34.0 Å². The number of rotatable bonds is 3. The van der Waals surface area contributed by atoms with Crippen LogP contribution in [-0.2, 0) is 0 Å². The molecule has 5 rings (SSSR count). The van der Waals surface area contributed by atoms with E-state index in [0.717, 1.165) is 33.4 Å². The molecule has 0 radical (unpaired) electrons. The number of aryl methyl sites for hydroxylation is 2. The van der Waals surface area contributed by atoms with Gasteiger partial charge < -0.3 is 4.98 Å². The van der Waals surface area contributed by atoms with E-state index in [1.165, 1.54) is 0 Å². The van der Waals surface area contributed by atoms with Crippen molar-refractivity contribution in [2.24, 2.45) is 0 Å². The number of para-hydroxylation sites is 2. The van der Waals surface area contributed by atoms with E-state index in [-0.39, 0.29) is 5.56 Å². The lowest BCUT2D eigenvalue weighted by molar-refractivity contribution is 0.943. The van der Waals surface area contributed by atoms with Crippen molar-refractivity contribution in [3.05, 3.63) is 106 Å². The average molecular weight is 391 g/mol. The fraction of sp³-hybridized carbons (Fsp3) is 0.0769. The molecule has 5 aromatic rings. The molecule has 4 heteroatoms. The van der Waals surface area contributed by atoms with E-state index in [9.17, 15) is 4.79 Å². The van der Waals surface area contributed by atoms with Crippen molar-refractivity contribution < 1.29 is 0 Å². The molecule has 2 heterocycles. The zero-order chi connectivity index (χ0) is 20.7. The summed E-state index contributed by atoms with van der Waals surface area (Å²) in [5, 5.41) is 1.76. The van der Waals surface area contributed by atoms with Gasteiger partial charge in [-0.25, -0.2) is 4.98 Å². The average Bonchev–Trinajstić information content (AvgIpc) is 3.08. The Bertz CT molecular complexity index is 1470. The Balaban J connectivity index is 1.74. The maximum absolute atomic E-state index is 13.4. The summed E-state index contributed by atoms with van der Waals surface area (Å²) in [6, 6.07) is 23.6. The van der Waals surface area contributed by atoms with Gasteiger partial charge in [0.05, 0.1) is 16.6 Å². The van der Waals surface area contributed by atoms with Crippen LogP contribution in [0.15, 0.2) is 77.6 Å². The number of benzene rings is 3. The second-order valence-corrected chi connectivity index (χ2v) is 7.51. The fourth-order valence-electron chi connectivity index (χ4n) is 3.88. The SMILES string of the molecule is Cc1ccc(-n2c(/C=C/c3c(C)[nH]c4ccccc34)nc3ccccc3c2=O)cc1. The Morgan fingerprint density at radius 1 is 0.833 bits per heavy atom. The molecule has 4 nitrogen and oxygen atoms in total.